The summed E-state index contributed by atoms with van der Waals surface area (Å²) in [4.78, 5) is 26.5. The van der Waals surface area contributed by atoms with Gasteiger partial charge in [-0.3, -0.25) is 4.79 Å². The third-order valence-electron chi connectivity index (χ3n) is 3.17. The lowest BCUT2D eigenvalue weighted by Crippen LogP contribution is -2.09. The topological polar surface area (TPSA) is 70.2 Å². The lowest BCUT2D eigenvalue weighted by atomic mass is 10.1. The molecule has 0 amide bonds. The number of benzene rings is 2. The molecule has 0 bridgehead atoms. The number of aromatic amines is 1. The van der Waals surface area contributed by atoms with Crippen molar-refractivity contribution in [3.63, 3.8) is 0 Å². The van der Waals surface area contributed by atoms with Gasteiger partial charge < -0.3 is 10.1 Å². The van der Waals surface area contributed by atoms with Crippen molar-refractivity contribution in [1.82, 2.24) is 4.98 Å². The van der Waals surface area contributed by atoms with Gasteiger partial charge in [0.25, 0.3) is 0 Å². The second-order valence-corrected chi connectivity index (χ2v) is 4.45. The molecule has 2 N–H and O–H groups in total. The van der Waals surface area contributed by atoms with Crippen LogP contribution in [-0.4, -0.2) is 16.1 Å². The summed E-state index contributed by atoms with van der Waals surface area (Å²) in [6.45, 7) is 0. The third kappa shape index (κ3) is 1.97. The lowest BCUT2D eigenvalue weighted by molar-refractivity contribution is 0.0699. The second kappa shape index (κ2) is 4.66. The van der Waals surface area contributed by atoms with Gasteiger partial charge in [-0.2, -0.15) is 0 Å². The van der Waals surface area contributed by atoms with Crippen LogP contribution in [-0.2, 0) is 0 Å². The number of carbonyl (C=O) groups is 1. The van der Waals surface area contributed by atoms with E-state index in [1.54, 1.807) is 12.1 Å². The van der Waals surface area contributed by atoms with Gasteiger partial charge >= 0.3 is 5.97 Å². The number of pyridine rings is 1. The van der Waals surface area contributed by atoms with Crippen LogP contribution in [0.25, 0.3) is 22.2 Å². The first-order valence-corrected chi connectivity index (χ1v) is 6.11. The summed E-state index contributed by atoms with van der Waals surface area (Å²) in [5, 5.41) is 9.35. The lowest BCUT2D eigenvalue weighted by Gasteiger charge is -2.06. The van der Waals surface area contributed by atoms with Crippen molar-refractivity contribution in [3.8, 4) is 11.3 Å². The zero-order valence-corrected chi connectivity index (χ0v) is 10.5. The molecule has 3 aromatic rings. The molecule has 0 saturated carbocycles. The average molecular weight is 265 g/mol. The minimum absolute atomic E-state index is 0.0170. The molecule has 0 aliphatic rings. The fourth-order valence-corrected chi connectivity index (χ4v) is 2.26. The molecule has 0 saturated heterocycles. The van der Waals surface area contributed by atoms with Crippen LogP contribution in [0.4, 0.5) is 0 Å². The molecule has 20 heavy (non-hydrogen) atoms. The number of carboxylic acids is 1. The Bertz CT molecular complexity index is 850. The van der Waals surface area contributed by atoms with Crippen molar-refractivity contribution in [3.05, 3.63) is 70.4 Å². The van der Waals surface area contributed by atoms with E-state index in [1.165, 1.54) is 12.1 Å². The van der Waals surface area contributed by atoms with E-state index in [2.05, 4.69) is 4.98 Å². The summed E-state index contributed by atoms with van der Waals surface area (Å²) in [5.74, 6) is -1.10. The van der Waals surface area contributed by atoms with Gasteiger partial charge in [0.05, 0.1) is 16.5 Å². The molecule has 3 rings (SSSR count). The van der Waals surface area contributed by atoms with E-state index in [-0.39, 0.29) is 16.4 Å². The van der Waals surface area contributed by atoms with Gasteiger partial charge in [0.15, 0.2) is 5.43 Å². The summed E-state index contributed by atoms with van der Waals surface area (Å²) < 4.78 is 0. The fraction of sp³-hybridized carbons (Fsp3) is 0. The van der Waals surface area contributed by atoms with Gasteiger partial charge in [-0.15, -0.1) is 0 Å². The first-order valence-electron chi connectivity index (χ1n) is 6.11. The minimum atomic E-state index is -1.10. The molecule has 0 aliphatic heterocycles. The highest BCUT2D eigenvalue weighted by atomic mass is 16.4. The Morgan fingerprint density at radius 2 is 1.75 bits per heavy atom. The molecule has 0 aliphatic carbocycles. The van der Waals surface area contributed by atoms with Gasteiger partial charge in [-0.25, -0.2) is 4.79 Å². The molecule has 0 spiro atoms. The summed E-state index contributed by atoms with van der Waals surface area (Å²) >= 11 is 0. The molecule has 4 heteroatoms. The van der Waals surface area contributed by atoms with Gasteiger partial charge in [0.1, 0.15) is 0 Å². The number of hydrogen-bond acceptors (Lipinski definition) is 2. The van der Waals surface area contributed by atoms with Crippen molar-refractivity contribution in [2.45, 2.75) is 0 Å². The number of rotatable bonds is 2. The highest BCUT2D eigenvalue weighted by Crippen LogP contribution is 2.20. The van der Waals surface area contributed by atoms with Crippen LogP contribution in [0.3, 0.4) is 0 Å². The Morgan fingerprint density at radius 3 is 2.45 bits per heavy atom. The average Bonchev–Trinajstić information content (AvgIpc) is 2.47. The van der Waals surface area contributed by atoms with Crippen LogP contribution >= 0.6 is 0 Å². The van der Waals surface area contributed by atoms with Crippen LogP contribution in [0.2, 0.25) is 0 Å². The third-order valence-corrected chi connectivity index (χ3v) is 3.17. The normalized spacial score (nSPS) is 10.6. The highest BCUT2D eigenvalue weighted by molar-refractivity contribution is 6.02. The number of fused-ring (bicyclic) bond motifs is 1. The van der Waals surface area contributed by atoms with Crippen molar-refractivity contribution in [1.29, 1.82) is 0 Å². The maximum absolute atomic E-state index is 12.2. The van der Waals surface area contributed by atoms with Gasteiger partial charge in [-0.05, 0) is 17.7 Å². The van der Waals surface area contributed by atoms with E-state index in [0.717, 1.165) is 5.56 Å². The van der Waals surface area contributed by atoms with Gasteiger partial charge in [0.2, 0.25) is 0 Å². The largest absolute Gasteiger partial charge is 0.478 e. The molecule has 0 radical (unpaired) electrons. The maximum atomic E-state index is 12.2. The van der Waals surface area contributed by atoms with E-state index < -0.39 is 5.97 Å². The number of aromatic nitrogens is 1. The number of aromatic carboxylic acids is 1. The van der Waals surface area contributed by atoms with E-state index in [1.807, 2.05) is 30.3 Å². The minimum Gasteiger partial charge on any atom is -0.478 e. The summed E-state index contributed by atoms with van der Waals surface area (Å²) in [7, 11) is 0. The molecule has 2 aromatic carbocycles. The summed E-state index contributed by atoms with van der Waals surface area (Å²) in [6, 6.07) is 15.6. The molecule has 4 nitrogen and oxygen atoms in total. The number of nitrogens with one attached hydrogen (secondary N) is 1. The number of carboxylic acid groups (broad SMARTS) is 1. The van der Waals surface area contributed by atoms with Crippen LogP contribution < -0.4 is 5.43 Å². The van der Waals surface area contributed by atoms with Crippen molar-refractivity contribution < 1.29 is 9.90 Å². The predicted molar refractivity (Wildman–Crippen MR) is 77.0 cm³/mol. The first-order chi connectivity index (χ1) is 9.66. The Morgan fingerprint density at radius 1 is 1.00 bits per heavy atom. The standard InChI is InChI=1S/C16H11NO3/c18-14-9-13(10-5-2-1-3-6-10)17-12-8-4-7-11(15(12)14)16(19)20/h1-9H,(H,17,18)(H,19,20). The Hall–Kier alpha value is -2.88. The zero-order chi connectivity index (χ0) is 14.1. The zero-order valence-electron chi connectivity index (χ0n) is 10.5. The van der Waals surface area contributed by atoms with E-state index >= 15 is 0 Å². The summed E-state index contributed by atoms with van der Waals surface area (Å²) in [6.07, 6.45) is 0. The van der Waals surface area contributed by atoms with Crippen LogP contribution in [0.15, 0.2) is 59.4 Å². The first kappa shape index (κ1) is 12.2. The van der Waals surface area contributed by atoms with E-state index in [9.17, 15) is 9.59 Å². The van der Waals surface area contributed by atoms with Gasteiger partial charge in [-0.1, -0.05) is 36.4 Å². The quantitative estimate of drug-likeness (QED) is 0.748. The molecular formula is C16H11NO3. The van der Waals surface area contributed by atoms with E-state index in [0.29, 0.717) is 11.2 Å². The predicted octanol–water partition coefficient (Wildman–Crippen LogP) is 2.89. The van der Waals surface area contributed by atoms with Gasteiger partial charge in [0, 0.05) is 11.8 Å². The number of hydrogen-bond donors (Lipinski definition) is 2. The van der Waals surface area contributed by atoms with Crippen molar-refractivity contribution in [2.75, 3.05) is 0 Å². The molecule has 98 valence electrons. The Labute approximate surface area is 114 Å². The SMILES string of the molecule is O=C(O)c1cccc2[nH]c(-c3ccccc3)cc(=O)c12. The Balaban J connectivity index is 2.32. The van der Waals surface area contributed by atoms with Crippen molar-refractivity contribution >= 4 is 16.9 Å². The van der Waals surface area contributed by atoms with Crippen LogP contribution in [0.1, 0.15) is 10.4 Å². The van der Waals surface area contributed by atoms with Crippen LogP contribution in [0.5, 0.6) is 0 Å². The molecule has 1 aromatic heterocycles. The molecule has 0 unspecified atom stereocenters. The van der Waals surface area contributed by atoms with E-state index in [4.69, 9.17) is 5.11 Å². The second-order valence-electron chi connectivity index (χ2n) is 4.45. The fourth-order valence-electron chi connectivity index (χ4n) is 2.26. The monoisotopic (exact) mass is 265 g/mol. The van der Waals surface area contributed by atoms with Crippen LogP contribution in [0, 0.1) is 0 Å². The number of H-pyrrole nitrogens is 1. The Kier molecular flexibility index (Phi) is 2.84. The summed E-state index contributed by atoms with van der Waals surface area (Å²) in [5.41, 5.74) is 1.80. The molecule has 0 fully saturated rings. The molecule has 0 atom stereocenters. The maximum Gasteiger partial charge on any atom is 0.336 e. The smallest absolute Gasteiger partial charge is 0.336 e. The molecular weight excluding hydrogens is 254 g/mol. The highest BCUT2D eigenvalue weighted by Gasteiger charge is 2.12. The molecule has 1 heterocycles. The van der Waals surface area contributed by atoms with Crippen molar-refractivity contribution in [2.24, 2.45) is 0 Å².